The first kappa shape index (κ1) is 28.6. The summed E-state index contributed by atoms with van der Waals surface area (Å²) < 4.78 is 0. The number of likely N-dealkylation sites (tertiary alicyclic amines) is 1. The van der Waals surface area contributed by atoms with Crippen LogP contribution in [0.4, 0.5) is 5.69 Å². The molecule has 0 spiro atoms. The molecule has 0 radical (unpaired) electrons. The average Bonchev–Trinajstić information content (AvgIpc) is 2.97. The number of benzene rings is 3. The Bertz CT molecular complexity index is 1550. The number of fused-ring (bicyclic) bond motifs is 1. The number of anilines is 1. The standard InChI is InChI=1S/C35H43N5O/c1-4-5-17-33(40-23(2)11-9-12-24(40)3)31-19-28(38-22-25-13-7-6-8-14-25)20-32-30(31)21-29(35(41)39-32)26-15-10-16-27(18-26)34(36)37/h6-8,10,13-16,18-21,23-24,33,38H,4-5,9,11-12,17,22H2,1-3H3,(H3,36,37)(H,39,41). The topological polar surface area (TPSA) is 98.0 Å². The summed E-state index contributed by atoms with van der Waals surface area (Å²) in [5.74, 6) is -0.00778. The second kappa shape index (κ2) is 12.7. The van der Waals surface area contributed by atoms with Crippen molar-refractivity contribution in [3.05, 3.63) is 99.8 Å². The van der Waals surface area contributed by atoms with Crippen LogP contribution in [-0.2, 0) is 6.54 Å². The van der Waals surface area contributed by atoms with E-state index in [0.29, 0.717) is 29.8 Å². The summed E-state index contributed by atoms with van der Waals surface area (Å²) in [5, 5.41) is 12.6. The first-order valence-electron chi connectivity index (χ1n) is 15.1. The van der Waals surface area contributed by atoms with Crippen LogP contribution >= 0.6 is 0 Å². The maximum Gasteiger partial charge on any atom is 0.256 e. The number of pyridine rings is 1. The second-order valence-corrected chi connectivity index (χ2v) is 11.6. The monoisotopic (exact) mass is 549 g/mol. The highest BCUT2D eigenvalue weighted by molar-refractivity contribution is 5.96. The molecule has 1 aromatic heterocycles. The zero-order valence-corrected chi connectivity index (χ0v) is 24.5. The average molecular weight is 550 g/mol. The number of rotatable bonds is 10. The first-order chi connectivity index (χ1) is 19.9. The van der Waals surface area contributed by atoms with Crippen molar-refractivity contribution in [2.45, 2.75) is 84.0 Å². The SMILES string of the molecule is CCCCC(c1cc(NCc2ccccc2)cc2[nH]c(=O)c(-c3cccc(C(=N)N)c3)cc12)N1C(C)CCCC1C. The number of unbranched alkanes of at least 4 members (excludes halogenated alkanes) is 1. The summed E-state index contributed by atoms with van der Waals surface area (Å²) in [6.07, 6.45) is 7.02. The Hall–Kier alpha value is -3.90. The molecule has 6 heteroatoms. The van der Waals surface area contributed by atoms with Gasteiger partial charge in [-0.25, -0.2) is 0 Å². The van der Waals surface area contributed by atoms with Gasteiger partial charge in [0.2, 0.25) is 0 Å². The third-order valence-corrected chi connectivity index (χ3v) is 8.63. The van der Waals surface area contributed by atoms with Crippen molar-refractivity contribution in [3.8, 4) is 11.1 Å². The molecule has 3 aromatic carbocycles. The van der Waals surface area contributed by atoms with Crippen molar-refractivity contribution in [2.24, 2.45) is 5.73 Å². The molecule has 0 aliphatic carbocycles. The number of piperidine rings is 1. The van der Waals surface area contributed by atoms with Crippen LogP contribution in [0.1, 0.15) is 82.0 Å². The lowest BCUT2D eigenvalue weighted by molar-refractivity contribution is 0.0496. The highest BCUT2D eigenvalue weighted by atomic mass is 16.1. The summed E-state index contributed by atoms with van der Waals surface area (Å²) in [5.41, 5.74) is 11.9. The van der Waals surface area contributed by atoms with Gasteiger partial charge >= 0.3 is 0 Å². The quantitative estimate of drug-likeness (QED) is 0.121. The van der Waals surface area contributed by atoms with Gasteiger partial charge in [0.05, 0.1) is 5.52 Å². The van der Waals surface area contributed by atoms with Gasteiger partial charge in [0, 0.05) is 46.9 Å². The van der Waals surface area contributed by atoms with Gasteiger partial charge in [-0.15, -0.1) is 0 Å². The molecule has 3 unspecified atom stereocenters. The van der Waals surface area contributed by atoms with E-state index in [9.17, 15) is 4.79 Å². The number of aromatic amines is 1. The van der Waals surface area contributed by atoms with Crippen molar-refractivity contribution >= 4 is 22.4 Å². The highest BCUT2D eigenvalue weighted by Crippen LogP contribution is 2.40. The lowest BCUT2D eigenvalue weighted by atomic mass is 9.88. The molecule has 4 aromatic rings. The van der Waals surface area contributed by atoms with Crippen molar-refractivity contribution in [1.82, 2.24) is 9.88 Å². The fourth-order valence-corrected chi connectivity index (χ4v) is 6.50. The largest absolute Gasteiger partial charge is 0.384 e. The number of nitrogens with zero attached hydrogens (tertiary/aromatic N) is 1. The molecular formula is C35H43N5O. The van der Waals surface area contributed by atoms with E-state index in [4.69, 9.17) is 11.1 Å². The molecule has 5 N–H and O–H groups in total. The molecule has 0 saturated carbocycles. The molecule has 1 aliphatic rings. The van der Waals surface area contributed by atoms with Crippen LogP contribution in [-0.4, -0.2) is 27.8 Å². The van der Waals surface area contributed by atoms with Gasteiger partial charge in [-0.2, -0.15) is 0 Å². The van der Waals surface area contributed by atoms with E-state index < -0.39 is 0 Å². The Morgan fingerprint density at radius 3 is 2.51 bits per heavy atom. The molecule has 3 atom stereocenters. The van der Waals surface area contributed by atoms with E-state index in [0.717, 1.165) is 41.4 Å². The van der Waals surface area contributed by atoms with Crippen LogP contribution in [0, 0.1) is 5.41 Å². The molecule has 6 nitrogen and oxygen atoms in total. The van der Waals surface area contributed by atoms with E-state index in [-0.39, 0.29) is 17.4 Å². The number of hydrogen-bond donors (Lipinski definition) is 4. The van der Waals surface area contributed by atoms with Crippen molar-refractivity contribution in [1.29, 1.82) is 5.41 Å². The summed E-state index contributed by atoms with van der Waals surface area (Å²) in [7, 11) is 0. The second-order valence-electron chi connectivity index (χ2n) is 11.6. The van der Waals surface area contributed by atoms with E-state index in [1.165, 1.54) is 30.4 Å². The van der Waals surface area contributed by atoms with Crippen LogP contribution in [0.3, 0.4) is 0 Å². The van der Waals surface area contributed by atoms with Gasteiger partial charge in [0.1, 0.15) is 5.84 Å². The number of H-pyrrole nitrogens is 1. The van der Waals surface area contributed by atoms with Crippen molar-refractivity contribution in [3.63, 3.8) is 0 Å². The molecule has 1 saturated heterocycles. The van der Waals surface area contributed by atoms with Gasteiger partial charge in [0.15, 0.2) is 0 Å². The Morgan fingerprint density at radius 1 is 1.05 bits per heavy atom. The summed E-state index contributed by atoms with van der Waals surface area (Å²) in [6, 6.07) is 25.5. The predicted molar refractivity (Wildman–Crippen MR) is 172 cm³/mol. The fourth-order valence-electron chi connectivity index (χ4n) is 6.50. The zero-order valence-electron chi connectivity index (χ0n) is 24.5. The Morgan fingerprint density at radius 2 is 1.80 bits per heavy atom. The number of nitrogen functional groups attached to an aromatic ring is 1. The normalized spacial score (nSPS) is 18.3. The number of amidine groups is 1. The lowest BCUT2D eigenvalue weighted by Gasteiger charge is -2.45. The van der Waals surface area contributed by atoms with E-state index >= 15 is 0 Å². The molecule has 214 valence electrons. The van der Waals surface area contributed by atoms with E-state index in [1.807, 2.05) is 24.3 Å². The van der Waals surface area contributed by atoms with Gasteiger partial charge in [-0.3, -0.25) is 15.1 Å². The number of aromatic nitrogens is 1. The van der Waals surface area contributed by atoms with Gasteiger partial charge < -0.3 is 16.0 Å². The fraction of sp³-hybridized carbons (Fsp3) is 0.371. The van der Waals surface area contributed by atoms with E-state index in [1.54, 1.807) is 6.07 Å². The molecule has 0 amide bonds. The molecule has 1 fully saturated rings. The van der Waals surface area contributed by atoms with Crippen molar-refractivity contribution < 1.29 is 0 Å². The number of nitrogens with two attached hydrogens (primary N) is 1. The number of hydrogen-bond acceptors (Lipinski definition) is 4. The molecular weight excluding hydrogens is 506 g/mol. The van der Waals surface area contributed by atoms with E-state index in [2.05, 4.69) is 78.4 Å². The van der Waals surface area contributed by atoms with Crippen LogP contribution in [0.2, 0.25) is 0 Å². The molecule has 41 heavy (non-hydrogen) atoms. The number of nitrogens with one attached hydrogen (secondary N) is 3. The maximum absolute atomic E-state index is 13.5. The summed E-state index contributed by atoms with van der Waals surface area (Å²) >= 11 is 0. The van der Waals surface area contributed by atoms with Crippen LogP contribution < -0.4 is 16.6 Å². The Labute approximate surface area is 243 Å². The third-order valence-electron chi connectivity index (χ3n) is 8.63. The maximum atomic E-state index is 13.5. The smallest absolute Gasteiger partial charge is 0.256 e. The summed E-state index contributed by atoms with van der Waals surface area (Å²) in [4.78, 5) is 19.4. The minimum atomic E-state index is -0.144. The van der Waals surface area contributed by atoms with Crippen LogP contribution in [0.5, 0.6) is 0 Å². The predicted octanol–water partition coefficient (Wildman–Crippen LogP) is 7.59. The highest BCUT2D eigenvalue weighted by Gasteiger charge is 2.33. The van der Waals surface area contributed by atoms with Gasteiger partial charge in [0.25, 0.3) is 5.56 Å². The van der Waals surface area contributed by atoms with Gasteiger partial charge in [-0.1, -0.05) is 74.7 Å². The third kappa shape index (κ3) is 6.38. The van der Waals surface area contributed by atoms with Gasteiger partial charge in [-0.05, 0) is 74.1 Å². The minimum absolute atomic E-state index is 0.00778. The Balaban J connectivity index is 1.68. The zero-order chi connectivity index (χ0) is 28.9. The van der Waals surface area contributed by atoms with Crippen LogP contribution in [0.15, 0.2) is 77.6 Å². The Kier molecular flexibility index (Phi) is 8.89. The molecule has 2 heterocycles. The summed E-state index contributed by atoms with van der Waals surface area (Å²) in [6.45, 7) is 7.71. The minimum Gasteiger partial charge on any atom is -0.384 e. The molecule has 0 bridgehead atoms. The molecule has 5 rings (SSSR count). The lowest BCUT2D eigenvalue weighted by Crippen LogP contribution is -2.46. The molecule has 1 aliphatic heterocycles. The van der Waals surface area contributed by atoms with Crippen LogP contribution in [0.25, 0.3) is 22.0 Å². The van der Waals surface area contributed by atoms with Crippen molar-refractivity contribution in [2.75, 3.05) is 5.32 Å². The first-order valence-corrected chi connectivity index (χ1v) is 15.1.